The van der Waals surface area contributed by atoms with Crippen LogP contribution in [0.2, 0.25) is 0 Å². The maximum absolute atomic E-state index is 13.3. The summed E-state index contributed by atoms with van der Waals surface area (Å²) in [4.78, 5) is 8.60. The van der Waals surface area contributed by atoms with E-state index in [1.54, 1.807) is 13.2 Å². The molecule has 0 aliphatic carbocycles. The van der Waals surface area contributed by atoms with Crippen LogP contribution in [0.25, 0.3) is 10.9 Å². The Morgan fingerprint density at radius 2 is 1.82 bits per heavy atom. The van der Waals surface area contributed by atoms with Gasteiger partial charge in [0, 0.05) is 17.1 Å². The van der Waals surface area contributed by atoms with E-state index in [9.17, 15) is 4.39 Å². The third kappa shape index (κ3) is 3.86. The molecule has 5 nitrogen and oxygen atoms in total. The van der Waals surface area contributed by atoms with E-state index in [1.807, 2.05) is 48.5 Å². The number of hydrogen-bond donors (Lipinski definition) is 1. The molecule has 1 heterocycles. The molecule has 0 radical (unpaired) electrons. The zero-order valence-electron chi connectivity index (χ0n) is 15.2. The summed E-state index contributed by atoms with van der Waals surface area (Å²) in [6.45, 7) is 0.247. The van der Waals surface area contributed by atoms with Crippen molar-refractivity contribution in [1.29, 1.82) is 0 Å². The summed E-state index contributed by atoms with van der Waals surface area (Å²) in [5.74, 6) is 1.57. The Morgan fingerprint density at radius 1 is 0.929 bits per heavy atom. The SMILES string of the molecule is COc1cc(Nc2ncnc3ccccc23)ccc1OCc1cccc(F)c1. The van der Waals surface area contributed by atoms with Gasteiger partial charge in [0.05, 0.1) is 12.6 Å². The van der Waals surface area contributed by atoms with Gasteiger partial charge >= 0.3 is 0 Å². The number of ether oxygens (including phenoxy) is 2. The van der Waals surface area contributed by atoms with Gasteiger partial charge in [-0.1, -0.05) is 24.3 Å². The third-order valence-electron chi connectivity index (χ3n) is 4.25. The molecule has 0 saturated carbocycles. The maximum atomic E-state index is 13.3. The molecule has 0 amide bonds. The molecule has 0 aliphatic rings. The number of anilines is 2. The number of benzene rings is 3. The minimum absolute atomic E-state index is 0.247. The Labute approximate surface area is 161 Å². The molecular weight excluding hydrogens is 357 g/mol. The average molecular weight is 375 g/mol. The largest absolute Gasteiger partial charge is 0.493 e. The molecule has 1 N–H and O–H groups in total. The van der Waals surface area contributed by atoms with Crippen molar-refractivity contribution in [3.05, 3.63) is 84.4 Å². The number of fused-ring (bicyclic) bond motifs is 1. The van der Waals surface area contributed by atoms with E-state index in [0.717, 1.165) is 22.2 Å². The fraction of sp³-hybridized carbons (Fsp3) is 0.0909. The van der Waals surface area contributed by atoms with Gasteiger partial charge in [-0.15, -0.1) is 0 Å². The summed E-state index contributed by atoms with van der Waals surface area (Å²) in [5.41, 5.74) is 2.41. The molecule has 4 rings (SSSR count). The summed E-state index contributed by atoms with van der Waals surface area (Å²) in [6.07, 6.45) is 1.53. The topological polar surface area (TPSA) is 56.3 Å². The molecule has 0 bridgehead atoms. The van der Waals surface area contributed by atoms with Gasteiger partial charge in [-0.25, -0.2) is 14.4 Å². The van der Waals surface area contributed by atoms with Crippen LogP contribution in [-0.2, 0) is 6.61 Å². The first-order chi connectivity index (χ1) is 13.7. The highest BCUT2D eigenvalue weighted by Gasteiger charge is 2.09. The first kappa shape index (κ1) is 17.7. The summed E-state index contributed by atoms with van der Waals surface area (Å²) >= 11 is 0. The van der Waals surface area contributed by atoms with Crippen LogP contribution in [-0.4, -0.2) is 17.1 Å². The van der Waals surface area contributed by atoms with Crippen LogP contribution < -0.4 is 14.8 Å². The number of aromatic nitrogens is 2. The second-order valence-electron chi connectivity index (χ2n) is 6.15. The van der Waals surface area contributed by atoms with Gasteiger partial charge in [-0.3, -0.25) is 0 Å². The summed E-state index contributed by atoms with van der Waals surface area (Å²) in [6, 6.07) is 19.6. The monoisotopic (exact) mass is 375 g/mol. The van der Waals surface area contributed by atoms with Crippen molar-refractivity contribution in [3.8, 4) is 11.5 Å². The van der Waals surface area contributed by atoms with Crippen molar-refractivity contribution in [3.63, 3.8) is 0 Å². The molecule has 0 spiro atoms. The standard InChI is InChI=1S/C22H18FN3O2/c1-27-21-12-17(26-22-18-7-2-3-8-19(18)24-14-25-22)9-10-20(21)28-13-15-5-4-6-16(23)11-15/h2-12,14H,13H2,1H3,(H,24,25,26). The second-order valence-corrected chi connectivity index (χ2v) is 6.15. The van der Waals surface area contributed by atoms with Crippen molar-refractivity contribution >= 4 is 22.4 Å². The van der Waals surface area contributed by atoms with Crippen LogP contribution in [0.5, 0.6) is 11.5 Å². The molecule has 0 fully saturated rings. The highest BCUT2D eigenvalue weighted by molar-refractivity contribution is 5.90. The molecular formula is C22H18FN3O2. The second kappa shape index (κ2) is 7.92. The zero-order valence-corrected chi connectivity index (χ0v) is 15.2. The predicted octanol–water partition coefficient (Wildman–Crippen LogP) is 5.10. The van der Waals surface area contributed by atoms with E-state index in [2.05, 4.69) is 15.3 Å². The predicted molar refractivity (Wildman–Crippen MR) is 107 cm³/mol. The van der Waals surface area contributed by atoms with Crippen LogP contribution in [0.4, 0.5) is 15.9 Å². The Morgan fingerprint density at radius 3 is 2.68 bits per heavy atom. The first-order valence-corrected chi connectivity index (χ1v) is 8.75. The number of nitrogens with one attached hydrogen (secondary N) is 1. The normalized spacial score (nSPS) is 10.6. The number of halogens is 1. The quantitative estimate of drug-likeness (QED) is 0.508. The van der Waals surface area contributed by atoms with Gasteiger partial charge < -0.3 is 14.8 Å². The van der Waals surface area contributed by atoms with Gasteiger partial charge in [0.2, 0.25) is 0 Å². The fourth-order valence-corrected chi connectivity index (χ4v) is 2.89. The van der Waals surface area contributed by atoms with E-state index in [0.29, 0.717) is 17.3 Å². The van der Waals surface area contributed by atoms with Crippen molar-refractivity contribution in [2.45, 2.75) is 6.61 Å². The lowest BCUT2D eigenvalue weighted by Gasteiger charge is -2.14. The minimum atomic E-state index is -0.287. The fourth-order valence-electron chi connectivity index (χ4n) is 2.89. The first-order valence-electron chi connectivity index (χ1n) is 8.75. The number of rotatable bonds is 6. The molecule has 3 aromatic carbocycles. The summed E-state index contributed by atoms with van der Waals surface area (Å²) < 4.78 is 24.6. The van der Waals surface area contributed by atoms with E-state index < -0.39 is 0 Å². The van der Waals surface area contributed by atoms with Crippen LogP contribution in [0, 0.1) is 5.82 Å². The lowest BCUT2D eigenvalue weighted by atomic mass is 10.2. The highest BCUT2D eigenvalue weighted by Crippen LogP contribution is 2.32. The molecule has 0 atom stereocenters. The summed E-state index contributed by atoms with van der Waals surface area (Å²) in [7, 11) is 1.58. The van der Waals surface area contributed by atoms with Crippen LogP contribution in [0.3, 0.4) is 0 Å². The van der Waals surface area contributed by atoms with E-state index in [-0.39, 0.29) is 12.4 Å². The van der Waals surface area contributed by atoms with Crippen molar-refractivity contribution < 1.29 is 13.9 Å². The Kier molecular flexibility index (Phi) is 5.01. The van der Waals surface area contributed by atoms with Gasteiger partial charge in [0.15, 0.2) is 11.5 Å². The maximum Gasteiger partial charge on any atom is 0.162 e. The smallest absolute Gasteiger partial charge is 0.162 e. The number of nitrogens with zero attached hydrogens (tertiary/aromatic N) is 2. The van der Waals surface area contributed by atoms with Crippen LogP contribution in [0.15, 0.2) is 73.1 Å². The molecule has 1 aromatic heterocycles. The molecule has 4 aromatic rings. The zero-order chi connectivity index (χ0) is 19.3. The number of para-hydroxylation sites is 1. The minimum Gasteiger partial charge on any atom is -0.493 e. The molecule has 0 aliphatic heterocycles. The van der Waals surface area contributed by atoms with Crippen LogP contribution in [0.1, 0.15) is 5.56 Å². The Hall–Kier alpha value is -3.67. The van der Waals surface area contributed by atoms with Crippen LogP contribution >= 0.6 is 0 Å². The lowest BCUT2D eigenvalue weighted by molar-refractivity contribution is 0.284. The average Bonchev–Trinajstić information content (AvgIpc) is 2.73. The number of hydrogen-bond acceptors (Lipinski definition) is 5. The molecule has 6 heteroatoms. The number of methoxy groups -OCH3 is 1. The molecule has 0 saturated heterocycles. The molecule has 0 unspecified atom stereocenters. The highest BCUT2D eigenvalue weighted by atomic mass is 19.1. The molecule has 140 valence electrons. The Bertz CT molecular complexity index is 1110. The van der Waals surface area contributed by atoms with Crippen molar-refractivity contribution in [2.75, 3.05) is 12.4 Å². The lowest BCUT2D eigenvalue weighted by Crippen LogP contribution is -2.00. The van der Waals surface area contributed by atoms with Gasteiger partial charge in [-0.05, 0) is 42.0 Å². The van der Waals surface area contributed by atoms with Crippen molar-refractivity contribution in [2.24, 2.45) is 0 Å². The third-order valence-corrected chi connectivity index (χ3v) is 4.25. The van der Waals surface area contributed by atoms with E-state index in [4.69, 9.17) is 9.47 Å². The van der Waals surface area contributed by atoms with E-state index >= 15 is 0 Å². The van der Waals surface area contributed by atoms with Gasteiger partial charge in [0.1, 0.15) is 24.6 Å². The Balaban J connectivity index is 1.55. The molecule has 28 heavy (non-hydrogen) atoms. The van der Waals surface area contributed by atoms with Crippen molar-refractivity contribution in [1.82, 2.24) is 9.97 Å². The summed E-state index contributed by atoms with van der Waals surface area (Å²) in [5, 5.41) is 4.22. The van der Waals surface area contributed by atoms with Gasteiger partial charge in [-0.2, -0.15) is 0 Å². The van der Waals surface area contributed by atoms with Gasteiger partial charge in [0.25, 0.3) is 0 Å². The van der Waals surface area contributed by atoms with E-state index in [1.165, 1.54) is 18.5 Å².